The number of carbonyl (C=O) groups is 2. The van der Waals surface area contributed by atoms with Crippen LogP contribution in [0, 0.1) is 51.7 Å². The third-order valence-corrected chi connectivity index (χ3v) is 12.5. The summed E-state index contributed by atoms with van der Waals surface area (Å²) >= 11 is 0. The lowest BCUT2D eigenvalue weighted by Gasteiger charge is -2.64. The van der Waals surface area contributed by atoms with Crippen LogP contribution in [0.15, 0.2) is 5.10 Å². The molecule has 5 N–H and O–H groups in total. The lowest BCUT2D eigenvalue weighted by Crippen LogP contribution is -2.65. The van der Waals surface area contributed by atoms with E-state index in [0.29, 0.717) is 43.6 Å². The van der Waals surface area contributed by atoms with E-state index in [9.17, 15) is 19.7 Å². The van der Waals surface area contributed by atoms with E-state index in [1.54, 1.807) is 0 Å². The van der Waals surface area contributed by atoms with Gasteiger partial charge in [-0.1, -0.05) is 66.2 Å². The van der Waals surface area contributed by atoms with Crippen LogP contribution in [0.1, 0.15) is 137 Å². The number of rotatable bonds is 21. The molecule has 5 fully saturated rings. The maximum atomic E-state index is 14.2. The Kier molecular flexibility index (Phi) is 15.0. The van der Waals surface area contributed by atoms with Crippen molar-refractivity contribution >= 4 is 24.9 Å². The van der Waals surface area contributed by atoms with Gasteiger partial charge in [0.2, 0.25) is 18.4 Å². The molecule has 4 saturated carbocycles. The van der Waals surface area contributed by atoms with Gasteiger partial charge in [0.05, 0.1) is 17.6 Å². The van der Waals surface area contributed by atoms with Gasteiger partial charge in [0.15, 0.2) is 5.03 Å². The minimum absolute atomic E-state index is 0.00961. The van der Waals surface area contributed by atoms with Gasteiger partial charge in [0.1, 0.15) is 11.1 Å². The first kappa shape index (κ1) is 40.8. The van der Waals surface area contributed by atoms with Crippen LogP contribution in [0.4, 0.5) is 0 Å². The average Bonchev–Trinajstić information content (AvgIpc) is 3.72. The molecule has 2 bridgehead atoms. The normalized spacial score (nSPS) is 27.2. The highest BCUT2D eigenvalue weighted by Gasteiger charge is 2.68. The van der Waals surface area contributed by atoms with Crippen molar-refractivity contribution in [3.05, 3.63) is 21.5 Å². The van der Waals surface area contributed by atoms with Gasteiger partial charge >= 0.3 is 7.12 Å². The summed E-state index contributed by atoms with van der Waals surface area (Å²) in [6, 6.07) is -0.806. The second-order valence-corrected chi connectivity index (χ2v) is 16.9. The second kappa shape index (κ2) is 18.7. The molecule has 13 nitrogen and oxygen atoms in total. The summed E-state index contributed by atoms with van der Waals surface area (Å²) in [6.07, 6.45) is 14.8. The molecule has 1 saturated heterocycles. The van der Waals surface area contributed by atoms with Gasteiger partial charge in [-0.2, -0.15) is 0 Å². The molecule has 7 atom stereocenters. The highest BCUT2D eigenvalue weighted by atomic mass is 16.7. The number of hydrogen-bond acceptors (Lipinski definition) is 6. The minimum Gasteiger partial charge on any atom is -0.404 e. The van der Waals surface area contributed by atoms with Crippen LogP contribution in [0.3, 0.4) is 0 Å². The molecule has 4 aliphatic carbocycles. The molecule has 5 rings (SSSR count). The Bertz CT molecular complexity index is 1250. The van der Waals surface area contributed by atoms with E-state index in [1.165, 1.54) is 0 Å². The molecule has 1 heterocycles. The largest absolute Gasteiger partial charge is 0.481 e. The van der Waals surface area contributed by atoms with Gasteiger partial charge in [-0.25, -0.2) is 16.7 Å². The van der Waals surface area contributed by atoms with Crippen molar-refractivity contribution < 1.29 is 23.9 Å². The molecule has 4 unspecified atom stereocenters. The van der Waals surface area contributed by atoms with Gasteiger partial charge in [0, 0.05) is 18.9 Å². The minimum atomic E-state index is -0.860. The summed E-state index contributed by atoms with van der Waals surface area (Å²) in [5.74, 6) is 0.390. The van der Waals surface area contributed by atoms with Crippen LogP contribution in [0.25, 0.3) is 4.85 Å². The number of nitrogens with zero attached hydrogens (tertiary/aromatic N) is 3. The molecule has 51 heavy (non-hydrogen) atoms. The van der Waals surface area contributed by atoms with Crippen molar-refractivity contribution in [2.45, 2.75) is 161 Å². The highest BCUT2D eigenvalue weighted by molar-refractivity contribution is 6.48. The number of carbonyl (C=O) groups excluding carboxylic acids is 2. The van der Waals surface area contributed by atoms with Crippen LogP contribution < -0.4 is 21.7 Å². The smallest absolute Gasteiger partial charge is 0.404 e. The Balaban J connectivity index is 1.43. The topological polar surface area (TPSA) is 175 Å². The van der Waals surface area contributed by atoms with E-state index in [2.05, 4.69) is 60.5 Å². The van der Waals surface area contributed by atoms with Gasteiger partial charge < -0.3 is 35.8 Å². The molecule has 0 radical (unpaired) electrons. The first-order valence-electron chi connectivity index (χ1n) is 19.8. The number of nitrogens with two attached hydrogens (primary N) is 1. The number of hydrazone groups is 1. The quantitative estimate of drug-likeness (QED) is 0.0226. The first-order valence-corrected chi connectivity index (χ1v) is 19.8. The van der Waals surface area contributed by atoms with Crippen molar-refractivity contribution in [2.24, 2.45) is 45.8 Å². The first-order chi connectivity index (χ1) is 24.3. The standard InChI is InChI=1S/C37H64BN7O6/c1-25(2)22-32(38-50-31-24-27-23-30(36(27,3)4)37(31,5)51-38)43-34(47)29(19-15-21-41-35(39)44-45(48)49)42-33(46)28(26-16-12-13-17-26)18-11-9-7-8-10-14-20-40-6/h25-32H,7-24H2,1-5H3,(H,42,46)(H,43,47)(H3,39,41,44)/t27?,28?,29-,30?,31-,32+,37?/m0/s1. The lowest BCUT2D eigenvalue weighted by molar-refractivity contribution is -0.485. The Hall–Kier alpha value is -2.92. The Morgan fingerprint density at radius 2 is 1.71 bits per heavy atom. The molecule has 0 spiro atoms. The van der Waals surface area contributed by atoms with Crippen molar-refractivity contribution in [3.8, 4) is 0 Å². The fraction of sp³-hybridized carbons (Fsp3) is 0.892. The zero-order valence-corrected chi connectivity index (χ0v) is 31.8. The summed E-state index contributed by atoms with van der Waals surface area (Å²) in [5, 5.41) is 22.1. The molecule has 14 heteroatoms. The van der Waals surface area contributed by atoms with E-state index in [-0.39, 0.29) is 53.6 Å². The molecule has 5 aliphatic rings. The predicted molar refractivity (Wildman–Crippen MR) is 199 cm³/mol. The summed E-state index contributed by atoms with van der Waals surface area (Å²) in [6.45, 7) is 18.9. The number of nitrogens with one attached hydrogen (secondary N) is 3. The molecule has 0 aromatic rings. The highest BCUT2D eigenvalue weighted by Crippen LogP contribution is 2.65. The number of amides is 2. The molecular formula is C37H64BN7O6. The van der Waals surface area contributed by atoms with Crippen LogP contribution in [-0.4, -0.2) is 66.7 Å². The van der Waals surface area contributed by atoms with Crippen molar-refractivity contribution in [3.63, 3.8) is 0 Å². The number of hydrogen-bond donors (Lipinski definition) is 4. The zero-order valence-electron chi connectivity index (χ0n) is 31.8. The van der Waals surface area contributed by atoms with E-state index < -0.39 is 23.8 Å². The van der Waals surface area contributed by atoms with E-state index >= 15 is 0 Å². The fourth-order valence-corrected chi connectivity index (χ4v) is 9.50. The average molecular weight is 714 g/mol. The predicted octanol–water partition coefficient (Wildman–Crippen LogP) is 5.60. The van der Waals surface area contributed by atoms with Crippen LogP contribution in [-0.2, 0) is 18.9 Å². The number of unbranched alkanes of at least 4 members (excludes halogenated alkanes) is 5. The summed E-state index contributed by atoms with van der Waals surface area (Å²) in [4.78, 5) is 42.4. The molecule has 0 aromatic carbocycles. The maximum absolute atomic E-state index is 14.2. The van der Waals surface area contributed by atoms with E-state index in [1.807, 2.05) is 0 Å². The van der Waals surface area contributed by atoms with Crippen LogP contribution in [0.2, 0.25) is 0 Å². The van der Waals surface area contributed by atoms with Crippen molar-refractivity contribution in [1.29, 1.82) is 0 Å². The Labute approximate surface area is 305 Å². The second-order valence-electron chi connectivity index (χ2n) is 16.9. The van der Waals surface area contributed by atoms with Crippen molar-refractivity contribution in [2.75, 3.05) is 13.1 Å². The maximum Gasteiger partial charge on any atom is 0.481 e. The van der Waals surface area contributed by atoms with Crippen LogP contribution >= 0.6 is 0 Å². The number of guanidine groups is 1. The Morgan fingerprint density at radius 1 is 1.02 bits per heavy atom. The molecule has 0 aromatic heterocycles. The van der Waals surface area contributed by atoms with Gasteiger partial charge in [-0.3, -0.25) is 9.59 Å². The summed E-state index contributed by atoms with van der Waals surface area (Å²) in [5.41, 5.74) is 5.42. The van der Waals surface area contributed by atoms with E-state index in [4.69, 9.17) is 21.6 Å². The fourth-order valence-electron chi connectivity index (χ4n) is 9.50. The summed E-state index contributed by atoms with van der Waals surface area (Å²) < 4.78 is 13.4. The number of nitro groups is 1. The molecular weight excluding hydrogens is 649 g/mol. The zero-order chi connectivity index (χ0) is 37.2. The monoisotopic (exact) mass is 714 g/mol. The summed E-state index contributed by atoms with van der Waals surface area (Å²) in [7, 11) is -0.578. The van der Waals surface area contributed by atoms with Gasteiger partial charge in [-0.05, 0) is 93.8 Å². The third kappa shape index (κ3) is 10.8. The molecule has 2 amide bonds. The van der Waals surface area contributed by atoms with Crippen molar-refractivity contribution in [1.82, 2.24) is 16.0 Å². The molecule has 286 valence electrons. The molecule has 1 aliphatic heterocycles. The van der Waals surface area contributed by atoms with Gasteiger partial charge in [0.25, 0.3) is 5.96 Å². The van der Waals surface area contributed by atoms with Gasteiger partial charge in [-0.15, -0.1) is 0 Å². The SMILES string of the molecule is [C-]#[N+]CCCCCCCCC(C(=O)N[C@@H](CCCN/C(N)=N/[N+](=O)[O-])C(=O)N[C@H](CC(C)C)B1O[C@H]2CC3CC(C3(C)C)C2(C)O1)C1CCCC1. The third-order valence-electron chi connectivity index (χ3n) is 12.5. The van der Waals surface area contributed by atoms with E-state index in [0.717, 1.165) is 83.5 Å². The van der Waals surface area contributed by atoms with Crippen LogP contribution in [0.5, 0.6) is 0 Å². The Morgan fingerprint density at radius 3 is 2.35 bits per heavy atom. The lowest BCUT2D eigenvalue weighted by atomic mass is 9.43.